The molecule has 0 saturated heterocycles. The second-order valence-electron chi connectivity index (χ2n) is 4.15. The third-order valence-corrected chi connectivity index (χ3v) is 2.85. The van der Waals surface area contributed by atoms with E-state index < -0.39 is 0 Å². The number of hydrogen-bond donors (Lipinski definition) is 1. The van der Waals surface area contributed by atoms with Crippen LogP contribution in [0.3, 0.4) is 0 Å². The molecule has 16 heavy (non-hydrogen) atoms. The van der Waals surface area contributed by atoms with E-state index in [-0.39, 0.29) is 0 Å². The monoisotopic (exact) mass is 215 g/mol. The largest absolute Gasteiger partial charge is 0.381 e. The van der Waals surface area contributed by atoms with Crippen molar-refractivity contribution in [2.45, 2.75) is 25.3 Å². The van der Waals surface area contributed by atoms with E-state index in [9.17, 15) is 0 Å². The van der Waals surface area contributed by atoms with Crippen molar-refractivity contribution in [2.24, 2.45) is 0 Å². The van der Waals surface area contributed by atoms with Crippen LogP contribution in [0, 0.1) is 0 Å². The fraction of sp³-hybridized carbons (Fsp3) is 0.364. The van der Waals surface area contributed by atoms with Crippen LogP contribution in [0.25, 0.3) is 0 Å². The van der Waals surface area contributed by atoms with Crippen molar-refractivity contribution in [3.63, 3.8) is 0 Å². The smallest absolute Gasteiger partial charge is 0.169 e. The molecule has 0 amide bonds. The van der Waals surface area contributed by atoms with Crippen molar-refractivity contribution >= 4 is 5.82 Å². The SMILES string of the molecule is Nc1nnn(Cc2ccncc2)c1C1CC1. The highest BCUT2D eigenvalue weighted by Gasteiger charge is 2.30. The van der Waals surface area contributed by atoms with E-state index in [1.165, 1.54) is 18.4 Å². The summed E-state index contributed by atoms with van der Waals surface area (Å²) in [6.07, 6.45) is 5.97. The van der Waals surface area contributed by atoms with Crippen LogP contribution in [-0.2, 0) is 6.54 Å². The van der Waals surface area contributed by atoms with Gasteiger partial charge in [0.2, 0.25) is 0 Å². The number of aromatic nitrogens is 4. The molecule has 1 fully saturated rings. The Balaban J connectivity index is 1.90. The predicted octanol–water partition coefficient (Wildman–Crippen LogP) is 1.18. The normalized spacial score (nSPS) is 15.2. The number of pyridine rings is 1. The molecule has 1 aliphatic carbocycles. The number of nitrogen functional groups attached to an aromatic ring is 1. The van der Waals surface area contributed by atoms with Crippen molar-refractivity contribution in [3.05, 3.63) is 35.8 Å². The van der Waals surface area contributed by atoms with E-state index in [0.29, 0.717) is 11.7 Å². The summed E-state index contributed by atoms with van der Waals surface area (Å²) in [7, 11) is 0. The van der Waals surface area contributed by atoms with E-state index in [1.807, 2.05) is 16.8 Å². The molecule has 0 atom stereocenters. The molecule has 2 N–H and O–H groups in total. The van der Waals surface area contributed by atoms with Gasteiger partial charge in [-0.3, -0.25) is 4.98 Å². The van der Waals surface area contributed by atoms with Crippen molar-refractivity contribution in [2.75, 3.05) is 5.73 Å². The maximum absolute atomic E-state index is 5.83. The second kappa shape index (κ2) is 3.59. The van der Waals surface area contributed by atoms with Gasteiger partial charge in [-0.25, -0.2) is 4.68 Å². The summed E-state index contributed by atoms with van der Waals surface area (Å²) >= 11 is 0. The van der Waals surface area contributed by atoms with E-state index in [1.54, 1.807) is 12.4 Å². The highest BCUT2D eigenvalue weighted by molar-refractivity contribution is 5.38. The molecule has 2 heterocycles. The van der Waals surface area contributed by atoms with Crippen LogP contribution in [0.5, 0.6) is 0 Å². The zero-order valence-electron chi connectivity index (χ0n) is 8.87. The molecule has 0 spiro atoms. The Bertz CT molecular complexity index is 486. The molecule has 1 saturated carbocycles. The van der Waals surface area contributed by atoms with Crippen LogP contribution >= 0.6 is 0 Å². The number of anilines is 1. The van der Waals surface area contributed by atoms with Gasteiger partial charge in [0.1, 0.15) is 0 Å². The van der Waals surface area contributed by atoms with E-state index in [4.69, 9.17) is 5.73 Å². The number of nitrogens with zero attached hydrogens (tertiary/aromatic N) is 4. The Hall–Kier alpha value is -1.91. The maximum Gasteiger partial charge on any atom is 0.169 e. The van der Waals surface area contributed by atoms with Gasteiger partial charge in [0.15, 0.2) is 5.82 Å². The Morgan fingerprint density at radius 3 is 2.75 bits per heavy atom. The summed E-state index contributed by atoms with van der Waals surface area (Å²) in [6.45, 7) is 0.721. The minimum atomic E-state index is 0.567. The summed E-state index contributed by atoms with van der Waals surface area (Å²) in [6, 6.07) is 3.96. The molecule has 0 radical (unpaired) electrons. The Morgan fingerprint density at radius 2 is 2.06 bits per heavy atom. The highest BCUT2D eigenvalue weighted by atomic mass is 15.4. The first-order chi connectivity index (χ1) is 7.84. The minimum absolute atomic E-state index is 0.567. The van der Waals surface area contributed by atoms with Gasteiger partial charge in [0.05, 0.1) is 12.2 Å². The average Bonchev–Trinajstić information content (AvgIpc) is 3.07. The van der Waals surface area contributed by atoms with Gasteiger partial charge in [-0.05, 0) is 30.5 Å². The van der Waals surface area contributed by atoms with E-state index in [0.717, 1.165) is 12.2 Å². The molecule has 0 bridgehead atoms. The molecule has 0 aromatic carbocycles. The lowest BCUT2D eigenvalue weighted by atomic mass is 10.2. The molecule has 5 nitrogen and oxygen atoms in total. The van der Waals surface area contributed by atoms with Gasteiger partial charge in [-0.15, -0.1) is 5.10 Å². The highest BCUT2D eigenvalue weighted by Crippen LogP contribution is 2.41. The first kappa shape index (κ1) is 9.33. The van der Waals surface area contributed by atoms with Crippen molar-refractivity contribution in [3.8, 4) is 0 Å². The van der Waals surface area contributed by atoms with Crippen LogP contribution < -0.4 is 5.73 Å². The van der Waals surface area contributed by atoms with Gasteiger partial charge in [-0.1, -0.05) is 5.21 Å². The van der Waals surface area contributed by atoms with Crippen LogP contribution in [0.1, 0.15) is 30.0 Å². The molecule has 5 heteroatoms. The van der Waals surface area contributed by atoms with E-state index in [2.05, 4.69) is 15.3 Å². The lowest BCUT2D eigenvalue weighted by Crippen LogP contribution is -2.06. The van der Waals surface area contributed by atoms with Gasteiger partial charge < -0.3 is 5.73 Å². The van der Waals surface area contributed by atoms with Crippen molar-refractivity contribution in [1.82, 2.24) is 20.0 Å². The summed E-state index contributed by atoms with van der Waals surface area (Å²) in [4.78, 5) is 3.99. The fourth-order valence-electron chi connectivity index (χ4n) is 1.89. The first-order valence-electron chi connectivity index (χ1n) is 5.42. The fourth-order valence-corrected chi connectivity index (χ4v) is 1.89. The molecule has 0 unspecified atom stereocenters. The van der Waals surface area contributed by atoms with Crippen LogP contribution in [-0.4, -0.2) is 20.0 Å². The maximum atomic E-state index is 5.83. The lowest BCUT2D eigenvalue weighted by molar-refractivity contribution is 0.619. The van der Waals surface area contributed by atoms with Crippen molar-refractivity contribution in [1.29, 1.82) is 0 Å². The summed E-state index contributed by atoms with van der Waals surface area (Å²) in [5, 5.41) is 8.04. The lowest BCUT2D eigenvalue weighted by Gasteiger charge is -2.05. The topological polar surface area (TPSA) is 69.6 Å². The zero-order valence-corrected chi connectivity index (χ0v) is 8.87. The predicted molar refractivity (Wildman–Crippen MR) is 59.7 cm³/mol. The molecule has 1 aliphatic rings. The molecular weight excluding hydrogens is 202 g/mol. The third kappa shape index (κ3) is 1.64. The molecule has 2 aromatic rings. The summed E-state index contributed by atoms with van der Waals surface area (Å²) < 4.78 is 1.91. The van der Waals surface area contributed by atoms with Gasteiger partial charge >= 0.3 is 0 Å². The van der Waals surface area contributed by atoms with Crippen LogP contribution in [0.2, 0.25) is 0 Å². The summed E-state index contributed by atoms with van der Waals surface area (Å²) in [5.41, 5.74) is 8.09. The van der Waals surface area contributed by atoms with Gasteiger partial charge in [-0.2, -0.15) is 0 Å². The van der Waals surface area contributed by atoms with Crippen LogP contribution in [0.4, 0.5) is 5.82 Å². The van der Waals surface area contributed by atoms with E-state index >= 15 is 0 Å². The number of nitrogens with two attached hydrogens (primary N) is 1. The van der Waals surface area contributed by atoms with Gasteiger partial charge in [0.25, 0.3) is 0 Å². The average molecular weight is 215 g/mol. The van der Waals surface area contributed by atoms with Gasteiger partial charge in [0, 0.05) is 18.3 Å². The Morgan fingerprint density at radius 1 is 1.31 bits per heavy atom. The molecule has 82 valence electrons. The van der Waals surface area contributed by atoms with Crippen molar-refractivity contribution < 1.29 is 0 Å². The summed E-state index contributed by atoms with van der Waals surface area (Å²) in [5.74, 6) is 1.15. The minimum Gasteiger partial charge on any atom is -0.381 e. The third-order valence-electron chi connectivity index (χ3n) is 2.85. The quantitative estimate of drug-likeness (QED) is 0.834. The molecule has 0 aliphatic heterocycles. The standard InChI is InChI=1S/C11H13N5/c12-11-10(9-1-2-9)16(15-14-11)7-8-3-5-13-6-4-8/h3-6,9H,1-2,7,12H2. The second-order valence-corrected chi connectivity index (χ2v) is 4.15. The zero-order chi connectivity index (χ0) is 11.0. The molecule has 3 rings (SSSR count). The number of rotatable bonds is 3. The first-order valence-corrected chi connectivity index (χ1v) is 5.42. The Kier molecular flexibility index (Phi) is 2.09. The molecular formula is C11H13N5. The number of hydrogen-bond acceptors (Lipinski definition) is 4. The Labute approximate surface area is 93.3 Å². The molecule has 2 aromatic heterocycles. The van der Waals surface area contributed by atoms with Crippen LogP contribution in [0.15, 0.2) is 24.5 Å².